The van der Waals surface area contributed by atoms with Gasteiger partial charge >= 0.3 is 0 Å². The van der Waals surface area contributed by atoms with E-state index >= 15 is 0 Å². The molecule has 3 heterocycles. The second-order valence-electron chi connectivity index (χ2n) is 14.6. The molecule has 0 bridgehead atoms. The first kappa shape index (κ1) is 34.9. The average molecular weight is 743 g/mol. The van der Waals surface area contributed by atoms with Crippen LogP contribution in [0.1, 0.15) is 6.92 Å². The summed E-state index contributed by atoms with van der Waals surface area (Å²) in [5, 5.41) is 11.0. The third kappa shape index (κ3) is 6.31. The largest absolute Gasteiger partial charge is 0.297 e. The summed E-state index contributed by atoms with van der Waals surface area (Å²) >= 11 is 0. The predicted octanol–water partition coefficient (Wildman–Crippen LogP) is 14.2. The van der Waals surface area contributed by atoms with Crippen LogP contribution in [-0.4, -0.2) is 28.2 Å². The predicted molar refractivity (Wildman–Crippen MR) is 247 cm³/mol. The molecule has 58 heavy (non-hydrogen) atoms. The van der Waals surface area contributed by atoms with Gasteiger partial charge in [0.1, 0.15) is 0 Å². The molecule has 0 aliphatic rings. The van der Waals surface area contributed by atoms with Crippen LogP contribution < -0.4 is 0 Å². The highest BCUT2D eigenvalue weighted by Gasteiger charge is 2.17. The van der Waals surface area contributed by atoms with Crippen LogP contribution in [0.4, 0.5) is 0 Å². The number of hydrogen-bond acceptors (Lipinski definition) is 4. The Balaban J connectivity index is 0.000000635. The van der Waals surface area contributed by atoms with E-state index in [9.17, 15) is 0 Å². The normalized spacial score (nSPS) is 11.8. The van der Waals surface area contributed by atoms with Gasteiger partial charge < -0.3 is 0 Å². The van der Waals surface area contributed by atoms with Crippen molar-refractivity contribution in [2.75, 3.05) is 7.05 Å². The fourth-order valence-corrected chi connectivity index (χ4v) is 8.35. The molecule has 0 spiro atoms. The number of benzene rings is 8. The average Bonchev–Trinajstić information content (AvgIpc) is 3.29. The van der Waals surface area contributed by atoms with E-state index in [2.05, 4.69) is 159 Å². The lowest BCUT2D eigenvalue weighted by Crippen LogP contribution is -1.91. The third-order valence-electron chi connectivity index (χ3n) is 11.1. The van der Waals surface area contributed by atoms with Crippen molar-refractivity contribution in [1.82, 2.24) is 15.0 Å². The fraction of sp³-hybridized carbons (Fsp3) is 0.0370. The second-order valence-corrected chi connectivity index (χ2v) is 14.6. The highest BCUT2D eigenvalue weighted by Crippen LogP contribution is 2.44. The minimum Gasteiger partial charge on any atom is -0.297 e. The number of fused-ring (bicyclic) bond motifs is 3. The molecule has 11 rings (SSSR count). The van der Waals surface area contributed by atoms with Crippen LogP contribution in [-0.2, 0) is 0 Å². The van der Waals surface area contributed by atoms with Gasteiger partial charge in [0.15, 0.2) is 0 Å². The number of pyridine rings is 3. The van der Waals surface area contributed by atoms with E-state index in [1.807, 2.05) is 55.9 Å². The van der Waals surface area contributed by atoms with Crippen molar-refractivity contribution in [1.29, 1.82) is 0 Å². The molecule has 0 N–H and O–H groups in total. The van der Waals surface area contributed by atoms with E-state index in [1.54, 1.807) is 13.3 Å². The fourth-order valence-electron chi connectivity index (χ4n) is 8.35. The molecule has 0 atom stereocenters. The molecule has 0 fully saturated rings. The molecule has 0 unspecified atom stereocenters. The summed E-state index contributed by atoms with van der Waals surface area (Å²) in [6, 6.07) is 57.5. The maximum Gasteiger partial charge on any atom is 0.0702 e. The summed E-state index contributed by atoms with van der Waals surface area (Å²) < 4.78 is 0. The first-order valence-electron chi connectivity index (χ1n) is 19.6. The highest BCUT2D eigenvalue weighted by atomic mass is 14.7. The van der Waals surface area contributed by atoms with Crippen molar-refractivity contribution in [3.05, 3.63) is 188 Å². The Kier molecular flexibility index (Phi) is 8.92. The van der Waals surface area contributed by atoms with Gasteiger partial charge in [0.05, 0.1) is 16.6 Å². The van der Waals surface area contributed by atoms with Crippen molar-refractivity contribution < 1.29 is 0 Å². The first-order valence-corrected chi connectivity index (χ1v) is 19.6. The number of aliphatic imine (C=N–C) groups is 1. The van der Waals surface area contributed by atoms with Crippen LogP contribution >= 0.6 is 0 Å². The van der Waals surface area contributed by atoms with Gasteiger partial charge in [-0.25, -0.2) is 0 Å². The van der Waals surface area contributed by atoms with Crippen molar-refractivity contribution in [2.24, 2.45) is 4.99 Å². The zero-order chi connectivity index (χ0) is 39.0. The quantitative estimate of drug-likeness (QED) is 0.130. The van der Waals surface area contributed by atoms with Crippen LogP contribution in [0.15, 0.2) is 193 Å². The molecular formula is C54H38N4. The Morgan fingerprint density at radius 2 is 0.828 bits per heavy atom. The molecule has 274 valence electrons. The number of hydrogen-bond donors (Lipinski definition) is 0. The molecule has 11 aromatic rings. The maximum absolute atomic E-state index is 4.58. The van der Waals surface area contributed by atoms with Crippen molar-refractivity contribution in [3.63, 3.8) is 0 Å². The van der Waals surface area contributed by atoms with Crippen molar-refractivity contribution >= 4 is 71.2 Å². The van der Waals surface area contributed by atoms with Gasteiger partial charge in [0.25, 0.3) is 0 Å². The summed E-state index contributed by atoms with van der Waals surface area (Å²) in [5.74, 6) is 0. The monoisotopic (exact) mass is 742 g/mol. The van der Waals surface area contributed by atoms with Gasteiger partial charge in [-0.3, -0.25) is 19.9 Å². The van der Waals surface area contributed by atoms with E-state index < -0.39 is 0 Å². The lowest BCUT2D eigenvalue weighted by atomic mass is 9.86. The van der Waals surface area contributed by atoms with Gasteiger partial charge in [-0.1, -0.05) is 91.0 Å². The van der Waals surface area contributed by atoms with Crippen molar-refractivity contribution in [3.8, 4) is 44.5 Å². The van der Waals surface area contributed by atoms with Gasteiger partial charge in [0, 0.05) is 48.0 Å². The summed E-state index contributed by atoms with van der Waals surface area (Å²) in [6.07, 6.45) is 11.1. The standard InChI is InChI=1S/C49H29N3.C5H9N/c1-4-35-24-32(11-18-45(35)50-21-1)38-27-39(33-12-19-46-36(25-33)5-2-22-51-46)29-40(28-38)42-15-8-31-9-16-43-41(14-7-30-10-17-44(42)49(31)48(30)43)34-13-20-47-37(26-34)6-3-23-52-47;1-3-4-5-6-2/h1-29H;3-5H,1-2H3/b;4-3-,6-5?. The third-order valence-corrected chi connectivity index (χ3v) is 11.1. The number of rotatable bonds is 5. The van der Waals surface area contributed by atoms with Gasteiger partial charge in [-0.15, -0.1) is 0 Å². The highest BCUT2D eigenvalue weighted by molar-refractivity contribution is 6.27. The molecular weight excluding hydrogens is 705 g/mol. The Hall–Kier alpha value is -7.56. The Bertz CT molecular complexity index is 3270. The van der Waals surface area contributed by atoms with E-state index in [4.69, 9.17) is 0 Å². The molecule has 0 aliphatic carbocycles. The lowest BCUT2D eigenvalue weighted by Gasteiger charge is -2.18. The molecule has 0 amide bonds. The number of aromatic nitrogens is 3. The molecule has 0 aliphatic heterocycles. The summed E-state index contributed by atoms with van der Waals surface area (Å²) in [7, 11) is 1.75. The summed E-state index contributed by atoms with van der Waals surface area (Å²) in [6.45, 7) is 1.96. The SMILES string of the molecule is C/C=C\C=NC.c1cnc2ccc(-c3cc(-c4ccc5ncccc5c4)cc(-c4ccc5ccc6c(-c7ccc8ncccc8c7)ccc7ccc4c5c76)c3)cc2c1. The van der Waals surface area contributed by atoms with Crippen molar-refractivity contribution in [2.45, 2.75) is 6.92 Å². The van der Waals surface area contributed by atoms with Gasteiger partial charge in [-0.05, 0) is 163 Å². The lowest BCUT2D eigenvalue weighted by molar-refractivity contribution is 1.41. The molecule has 3 aromatic heterocycles. The molecule has 4 nitrogen and oxygen atoms in total. The van der Waals surface area contributed by atoms with E-state index in [1.165, 1.54) is 76.8 Å². The van der Waals surface area contributed by atoms with Crippen LogP contribution in [0.2, 0.25) is 0 Å². The number of allylic oxidation sites excluding steroid dienone is 2. The van der Waals surface area contributed by atoms with E-state index in [-0.39, 0.29) is 0 Å². The van der Waals surface area contributed by atoms with Gasteiger partial charge in [0.2, 0.25) is 0 Å². The van der Waals surface area contributed by atoms with Gasteiger partial charge in [-0.2, -0.15) is 0 Å². The van der Waals surface area contributed by atoms with E-state index in [0.29, 0.717) is 0 Å². The maximum atomic E-state index is 4.58. The number of nitrogens with zero attached hydrogens (tertiary/aromatic N) is 4. The molecule has 8 aromatic carbocycles. The molecule has 0 radical (unpaired) electrons. The molecule has 4 heteroatoms. The summed E-state index contributed by atoms with van der Waals surface area (Å²) in [4.78, 5) is 17.4. The molecule has 0 saturated carbocycles. The van der Waals surface area contributed by atoms with Crippen LogP contribution in [0.25, 0.3) is 110 Å². The Morgan fingerprint density at radius 3 is 1.29 bits per heavy atom. The topological polar surface area (TPSA) is 51.0 Å². The minimum atomic E-state index is 0.996. The first-order chi connectivity index (χ1) is 28.6. The molecule has 0 saturated heterocycles. The zero-order valence-corrected chi connectivity index (χ0v) is 32.3. The Labute approximate surface area is 336 Å². The zero-order valence-electron chi connectivity index (χ0n) is 32.3. The Morgan fingerprint density at radius 1 is 0.397 bits per heavy atom. The van der Waals surface area contributed by atoms with Crippen LogP contribution in [0.5, 0.6) is 0 Å². The smallest absolute Gasteiger partial charge is 0.0702 e. The van der Waals surface area contributed by atoms with Crippen LogP contribution in [0, 0.1) is 0 Å². The second kappa shape index (κ2) is 14.8. The minimum absolute atomic E-state index is 0.996. The van der Waals surface area contributed by atoms with Crippen LogP contribution in [0.3, 0.4) is 0 Å². The summed E-state index contributed by atoms with van der Waals surface area (Å²) in [5.41, 5.74) is 12.5. The van der Waals surface area contributed by atoms with E-state index in [0.717, 1.165) is 32.7 Å².